The van der Waals surface area contributed by atoms with E-state index in [2.05, 4.69) is 44.0 Å². The van der Waals surface area contributed by atoms with Crippen LogP contribution < -0.4 is 0 Å². The first kappa shape index (κ1) is 13.9. The number of aryl methyl sites for hydroxylation is 3. The number of hydrogen-bond donors (Lipinski definition) is 0. The van der Waals surface area contributed by atoms with Crippen LogP contribution in [0.5, 0.6) is 0 Å². The van der Waals surface area contributed by atoms with Gasteiger partial charge < -0.3 is 4.57 Å². The van der Waals surface area contributed by atoms with Crippen LogP contribution in [0.3, 0.4) is 0 Å². The summed E-state index contributed by atoms with van der Waals surface area (Å²) < 4.78 is 1.92. The fourth-order valence-corrected chi connectivity index (χ4v) is 3.19. The molecule has 0 amide bonds. The molecule has 106 valence electrons. The average molecular weight is 297 g/mol. The van der Waals surface area contributed by atoms with Crippen LogP contribution in [-0.4, -0.2) is 9.55 Å². The van der Waals surface area contributed by atoms with Crippen LogP contribution >= 0.6 is 11.6 Å². The highest BCUT2D eigenvalue weighted by molar-refractivity contribution is 6.32. The Morgan fingerprint density at radius 3 is 2.29 bits per heavy atom. The molecule has 0 aliphatic rings. The molecule has 0 aliphatic heterocycles. The molecule has 3 aromatic rings. The zero-order valence-corrected chi connectivity index (χ0v) is 13.1. The van der Waals surface area contributed by atoms with Crippen molar-refractivity contribution in [3.8, 4) is 16.8 Å². The Hall–Kier alpha value is -2.06. The zero-order chi connectivity index (χ0) is 15.0. The maximum absolute atomic E-state index is 6.46. The highest BCUT2D eigenvalue weighted by Crippen LogP contribution is 2.32. The molecule has 21 heavy (non-hydrogen) atoms. The third-order valence-electron chi connectivity index (χ3n) is 3.70. The number of halogens is 1. The topological polar surface area (TPSA) is 17.8 Å². The average Bonchev–Trinajstić information content (AvgIpc) is 2.91. The lowest BCUT2D eigenvalue weighted by Gasteiger charge is -2.13. The molecule has 0 unspecified atom stereocenters. The van der Waals surface area contributed by atoms with E-state index in [-0.39, 0.29) is 0 Å². The molecule has 0 atom stereocenters. The molecule has 1 aromatic heterocycles. The van der Waals surface area contributed by atoms with Crippen LogP contribution in [0.4, 0.5) is 0 Å². The van der Waals surface area contributed by atoms with E-state index in [0.29, 0.717) is 0 Å². The minimum Gasteiger partial charge on any atom is -0.305 e. The van der Waals surface area contributed by atoms with E-state index >= 15 is 0 Å². The Morgan fingerprint density at radius 2 is 1.71 bits per heavy atom. The van der Waals surface area contributed by atoms with Gasteiger partial charge in [0.2, 0.25) is 0 Å². The molecule has 0 aliphatic carbocycles. The van der Waals surface area contributed by atoms with Crippen LogP contribution in [0, 0.1) is 20.8 Å². The Bertz CT molecular complexity index is 766. The van der Waals surface area contributed by atoms with Crippen molar-refractivity contribution in [1.82, 2.24) is 9.55 Å². The van der Waals surface area contributed by atoms with Gasteiger partial charge in [0.05, 0.1) is 17.0 Å². The quantitative estimate of drug-likeness (QED) is 0.642. The van der Waals surface area contributed by atoms with Crippen LogP contribution in [0.25, 0.3) is 16.8 Å². The van der Waals surface area contributed by atoms with Crippen molar-refractivity contribution in [2.24, 2.45) is 0 Å². The van der Waals surface area contributed by atoms with Gasteiger partial charge >= 0.3 is 0 Å². The molecule has 0 spiro atoms. The van der Waals surface area contributed by atoms with Crippen LogP contribution in [-0.2, 0) is 0 Å². The van der Waals surface area contributed by atoms with Crippen molar-refractivity contribution in [3.05, 3.63) is 70.8 Å². The molecule has 0 fully saturated rings. The van der Waals surface area contributed by atoms with Gasteiger partial charge in [-0.1, -0.05) is 35.4 Å². The molecule has 2 nitrogen and oxygen atoms in total. The summed E-state index contributed by atoms with van der Waals surface area (Å²) in [4.78, 5) is 4.06. The lowest BCUT2D eigenvalue weighted by atomic mass is 9.94. The second-order valence-corrected chi connectivity index (χ2v) is 5.82. The molecular formula is C18H17ClN2. The van der Waals surface area contributed by atoms with Crippen molar-refractivity contribution in [2.45, 2.75) is 20.8 Å². The van der Waals surface area contributed by atoms with Gasteiger partial charge in [0.25, 0.3) is 0 Å². The largest absolute Gasteiger partial charge is 0.305 e. The predicted octanol–water partition coefficient (Wildman–Crippen LogP) is 5.12. The summed E-state index contributed by atoms with van der Waals surface area (Å²) in [7, 11) is 0. The maximum atomic E-state index is 6.46. The van der Waals surface area contributed by atoms with Crippen LogP contribution in [0.1, 0.15) is 16.7 Å². The van der Waals surface area contributed by atoms with E-state index < -0.39 is 0 Å². The molecule has 3 heteroatoms. The number of hydrogen-bond acceptors (Lipinski definition) is 1. The predicted molar refractivity (Wildman–Crippen MR) is 88.2 cm³/mol. The van der Waals surface area contributed by atoms with Crippen molar-refractivity contribution in [3.63, 3.8) is 0 Å². The standard InChI is InChI=1S/C18H17ClN2/c1-12-8-13(2)18(14(3)9-12)15-4-5-17(16(19)10-15)21-7-6-20-11-21/h4-11H,1-3H3. The van der Waals surface area contributed by atoms with E-state index in [4.69, 9.17) is 11.6 Å². The first-order valence-corrected chi connectivity index (χ1v) is 7.30. The first-order chi connectivity index (χ1) is 10.1. The second kappa shape index (κ2) is 5.38. The number of imidazole rings is 1. The van der Waals surface area contributed by atoms with Gasteiger partial charge in [-0.15, -0.1) is 0 Å². The van der Waals surface area contributed by atoms with E-state index in [0.717, 1.165) is 16.3 Å². The zero-order valence-electron chi connectivity index (χ0n) is 12.4. The molecule has 0 saturated carbocycles. The number of rotatable bonds is 2. The normalized spacial score (nSPS) is 10.9. The van der Waals surface area contributed by atoms with Crippen LogP contribution in [0.15, 0.2) is 49.1 Å². The fourth-order valence-electron chi connectivity index (χ4n) is 2.91. The summed E-state index contributed by atoms with van der Waals surface area (Å²) in [5.41, 5.74) is 7.20. The summed E-state index contributed by atoms with van der Waals surface area (Å²) >= 11 is 6.46. The summed E-state index contributed by atoms with van der Waals surface area (Å²) in [6.45, 7) is 6.42. The molecule has 3 rings (SSSR count). The smallest absolute Gasteiger partial charge is 0.0992 e. The highest BCUT2D eigenvalue weighted by Gasteiger charge is 2.10. The Kier molecular flexibility index (Phi) is 3.56. The van der Waals surface area contributed by atoms with Crippen molar-refractivity contribution in [1.29, 1.82) is 0 Å². The second-order valence-electron chi connectivity index (χ2n) is 5.41. The molecule has 0 N–H and O–H groups in total. The van der Waals surface area contributed by atoms with E-state index in [1.54, 1.807) is 12.5 Å². The maximum Gasteiger partial charge on any atom is 0.0992 e. The Balaban J connectivity index is 2.12. The third kappa shape index (κ3) is 2.59. The fraction of sp³-hybridized carbons (Fsp3) is 0.167. The Morgan fingerprint density at radius 1 is 1.00 bits per heavy atom. The van der Waals surface area contributed by atoms with Crippen molar-refractivity contribution < 1.29 is 0 Å². The molecule has 0 radical (unpaired) electrons. The molecule has 0 saturated heterocycles. The summed E-state index contributed by atoms with van der Waals surface area (Å²) in [6.07, 6.45) is 5.39. The highest BCUT2D eigenvalue weighted by atomic mass is 35.5. The minimum atomic E-state index is 0.727. The molecule has 1 heterocycles. The SMILES string of the molecule is Cc1cc(C)c(-c2ccc(-n3ccnc3)c(Cl)c2)c(C)c1. The summed E-state index contributed by atoms with van der Waals surface area (Å²) in [5, 5.41) is 0.727. The van der Waals surface area contributed by atoms with Gasteiger partial charge in [0, 0.05) is 12.4 Å². The van der Waals surface area contributed by atoms with Crippen molar-refractivity contribution >= 4 is 11.6 Å². The van der Waals surface area contributed by atoms with E-state index in [1.165, 1.54) is 22.3 Å². The van der Waals surface area contributed by atoms with Gasteiger partial charge in [0.15, 0.2) is 0 Å². The van der Waals surface area contributed by atoms with E-state index in [9.17, 15) is 0 Å². The van der Waals surface area contributed by atoms with Crippen LogP contribution in [0.2, 0.25) is 5.02 Å². The number of benzene rings is 2. The van der Waals surface area contributed by atoms with Gasteiger partial charge in [0.1, 0.15) is 0 Å². The van der Waals surface area contributed by atoms with Gasteiger partial charge in [-0.2, -0.15) is 0 Å². The molecule has 0 bridgehead atoms. The van der Waals surface area contributed by atoms with Gasteiger partial charge in [-0.3, -0.25) is 0 Å². The first-order valence-electron chi connectivity index (χ1n) is 6.92. The van der Waals surface area contributed by atoms with Crippen molar-refractivity contribution in [2.75, 3.05) is 0 Å². The lowest BCUT2D eigenvalue weighted by molar-refractivity contribution is 1.06. The lowest BCUT2D eigenvalue weighted by Crippen LogP contribution is -1.94. The molecular weight excluding hydrogens is 280 g/mol. The Labute approximate surface area is 130 Å². The number of aromatic nitrogens is 2. The van der Waals surface area contributed by atoms with E-state index in [1.807, 2.05) is 22.9 Å². The monoisotopic (exact) mass is 296 g/mol. The third-order valence-corrected chi connectivity index (χ3v) is 4.00. The summed E-state index contributed by atoms with van der Waals surface area (Å²) in [6, 6.07) is 10.6. The van der Waals surface area contributed by atoms with Gasteiger partial charge in [-0.05, 0) is 55.2 Å². The summed E-state index contributed by atoms with van der Waals surface area (Å²) in [5.74, 6) is 0. The minimum absolute atomic E-state index is 0.727. The number of nitrogens with zero attached hydrogens (tertiary/aromatic N) is 2. The molecule has 2 aromatic carbocycles. The van der Waals surface area contributed by atoms with Gasteiger partial charge in [-0.25, -0.2) is 4.98 Å².